The molecule has 2 aliphatic carbocycles. The average molecular weight is 554 g/mol. The minimum Gasteiger partial charge on any atom is -0.462 e. The molecule has 1 aromatic carbocycles. The molecule has 0 radical (unpaired) electrons. The maximum absolute atomic E-state index is 12.5. The highest BCUT2D eigenvalue weighted by Crippen LogP contribution is 2.59. The smallest absolute Gasteiger partial charge is 0.318 e. The van der Waals surface area contributed by atoms with Crippen LogP contribution in [-0.2, 0) is 24.2 Å². The Morgan fingerprint density at radius 2 is 2.10 bits per heavy atom. The van der Waals surface area contributed by atoms with Gasteiger partial charge in [-0.3, -0.25) is 4.79 Å². The predicted molar refractivity (Wildman–Crippen MR) is 157 cm³/mol. The number of likely N-dealkylation sites (N-methyl/N-ethyl adjacent to an activating group) is 1. The maximum atomic E-state index is 12.5. The summed E-state index contributed by atoms with van der Waals surface area (Å²) >= 11 is 0. The Labute approximate surface area is 242 Å². The number of rotatable bonds is 7. The number of carbonyl (C=O) groups is 1. The second-order valence-electron chi connectivity index (χ2n) is 12.4. The Kier molecular flexibility index (Phi) is 6.82. The Bertz CT molecular complexity index is 1400. The Hall–Kier alpha value is -3.64. The van der Waals surface area contributed by atoms with Gasteiger partial charge in [0.15, 0.2) is 0 Å². The molecule has 0 spiro atoms. The van der Waals surface area contributed by atoms with E-state index < -0.39 is 0 Å². The highest BCUT2D eigenvalue weighted by molar-refractivity contribution is 5.87. The molecule has 7 rings (SSSR count). The van der Waals surface area contributed by atoms with Crippen LogP contribution in [0.3, 0.4) is 0 Å². The van der Waals surface area contributed by atoms with Crippen molar-refractivity contribution in [3.05, 3.63) is 53.2 Å². The van der Waals surface area contributed by atoms with Gasteiger partial charge in [0.25, 0.3) is 0 Å². The lowest BCUT2D eigenvalue weighted by Gasteiger charge is -2.42. The van der Waals surface area contributed by atoms with E-state index in [0.717, 1.165) is 55.8 Å². The summed E-state index contributed by atoms with van der Waals surface area (Å²) in [6.45, 7) is 8.72. The first-order chi connectivity index (χ1) is 20.0. The summed E-state index contributed by atoms with van der Waals surface area (Å²) in [6, 6.07) is 9.69. The molecule has 1 aromatic heterocycles. The second-order valence-corrected chi connectivity index (χ2v) is 12.4. The molecule has 0 bridgehead atoms. The van der Waals surface area contributed by atoms with Crippen molar-refractivity contribution in [3.63, 3.8) is 0 Å². The van der Waals surface area contributed by atoms with Crippen LogP contribution >= 0.6 is 0 Å². The van der Waals surface area contributed by atoms with Crippen molar-refractivity contribution >= 4 is 17.4 Å². The molecule has 1 saturated carbocycles. The van der Waals surface area contributed by atoms with Crippen molar-refractivity contribution in [2.45, 2.75) is 63.1 Å². The number of hydrogen-bond donors (Lipinski definition) is 0. The van der Waals surface area contributed by atoms with Crippen molar-refractivity contribution in [1.29, 1.82) is 5.26 Å². The minimum absolute atomic E-state index is 0.122. The van der Waals surface area contributed by atoms with Crippen LogP contribution in [0.4, 0.5) is 11.5 Å². The molecule has 9 nitrogen and oxygen atoms in total. The summed E-state index contributed by atoms with van der Waals surface area (Å²) in [5, 5.41) is 9.52. The van der Waals surface area contributed by atoms with Crippen LogP contribution in [0.2, 0.25) is 0 Å². The summed E-state index contributed by atoms with van der Waals surface area (Å²) in [7, 11) is 2.15. The van der Waals surface area contributed by atoms with Gasteiger partial charge in [-0.1, -0.05) is 18.7 Å². The van der Waals surface area contributed by atoms with E-state index in [-0.39, 0.29) is 18.4 Å². The SMILES string of the molecule is C=CC(=O)N1CCN(c2nc(OC[C@@H]3CCCN3C)nc3c2CCN(c2cccc4c2[C@@H]2C[C@@H]2C4)C3)C[C@@H]1CC#N. The number of piperazine rings is 1. The van der Waals surface area contributed by atoms with E-state index in [0.29, 0.717) is 38.3 Å². The van der Waals surface area contributed by atoms with Crippen molar-refractivity contribution < 1.29 is 9.53 Å². The second kappa shape index (κ2) is 10.6. The van der Waals surface area contributed by atoms with E-state index in [1.807, 2.05) is 0 Å². The minimum atomic E-state index is -0.208. The van der Waals surface area contributed by atoms with Crippen molar-refractivity contribution in [3.8, 4) is 12.1 Å². The molecule has 1 amide bonds. The molecule has 3 fully saturated rings. The van der Waals surface area contributed by atoms with E-state index >= 15 is 0 Å². The number of carbonyl (C=O) groups excluding carboxylic acids is 1. The molecule has 0 unspecified atom stereocenters. The summed E-state index contributed by atoms with van der Waals surface area (Å²) in [5.41, 5.74) is 6.67. The fourth-order valence-corrected chi connectivity index (χ4v) is 7.61. The molecule has 9 heteroatoms. The van der Waals surface area contributed by atoms with Crippen molar-refractivity contribution in [1.82, 2.24) is 19.8 Å². The van der Waals surface area contributed by atoms with Gasteiger partial charge in [-0.25, -0.2) is 0 Å². The lowest BCUT2D eigenvalue weighted by Crippen LogP contribution is -2.55. The third-order valence-electron chi connectivity index (χ3n) is 9.96. The van der Waals surface area contributed by atoms with Crippen molar-refractivity contribution in [2.75, 3.05) is 56.2 Å². The lowest BCUT2D eigenvalue weighted by molar-refractivity contribution is -0.128. The highest BCUT2D eigenvalue weighted by atomic mass is 16.5. The summed E-state index contributed by atoms with van der Waals surface area (Å²) in [4.78, 5) is 31.4. The van der Waals surface area contributed by atoms with E-state index in [2.05, 4.69) is 52.6 Å². The third kappa shape index (κ3) is 4.82. The first kappa shape index (κ1) is 26.3. The summed E-state index contributed by atoms with van der Waals surface area (Å²) in [5.74, 6) is 2.36. The molecule has 5 aliphatic rings. The number of benzene rings is 1. The number of likely N-dealkylation sites (tertiary alicyclic amines) is 1. The Morgan fingerprint density at radius 1 is 1.20 bits per heavy atom. The number of nitriles is 1. The fourth-order valence-electron chi connectivity index (χ4n) is 7.61. The van der Waals surface area contributed by atoms with Gasteiger partial charge in [0, 0.05) is 43.5 Å². The Morgan fingerprint density at radius 3 is 2.90 bits per heavy atom. The van der Waals surface area contributed by atoms with Crippen LogP contribution in [0.5, 0.6) is 6.01 Å². The molecule has 2 aromatic rings. The number of nitrogens with zero attached hydrogens (tertiary/aromatic N) is 7. The normalized spacial score (nSPS) is 26.7. The third-order valence-corrected chi connectivity index (χ3v) is 9.96. The number of amides is 1. The zero-order chi connectivity index (χ0) is 28.1. The first-order valence-corrected chi connectivity index (χ1v) is 15.2. The number of aromatic nitrogens is 2. The van der Waals surface area contributed by atoms with Crippen molar-refractivity contribution in [2.24, 2.45) is 5.92 Å². The van der Waals surface area contributed by atoms with Gasteiger partial charge in [-0.15, -0.1) is 0 Å². The number of hydrogen-bond acceptors (Lipinski definition) is 8. The number of fused-ring (bicyclic) bond motifs is 4. The van der Waals surface area contributed by atoms with Gasteiger partial charge in [-0.2, -0.15) is 15.2 Å². The monoisotopic (exact) mass is 553 g/mol. The molecule has 4 heterocycles. The molecule has 41 heavy (non-hydrogen) atoms. The van der Waals surface area contributed by atoms with E-state index in [1.54, 1.807) is 10.5 Å². The van der Waals surface area contributed by atoms with Gasteiger partial charge in [0.1, 0.15) is 12.4 Å². The topological polar surface area (TPSA) is 88.8 Å². The molecule has 3 aliphatic heterocycles. The molecule has 0 N–H and O–H groups in total. The standard InChI is InChI=1S/C32H39N7O2/c1-3-29(40)39-15-14-38(18-23(39)9-11-33)31-25-10-13-37(28-8-4-6-21-16-22-17-26(22)30(21)28)19-27(25)34-32(35-31)41-20-24-7-5-12-36(24)2/h3-4,6,8,22-24,26H,1,5,7,9-10,12-20H2,2H3/t22-,23-,24-,26+/m0/s1. The van der Waals surface area contributed by atoms with Gasteiger partial charge in [-0.05, 0) is 80.8 Å². The van der Waals surface area contributed by atoms with Crippen LogP contribution < -0.4 is 14.5 Å². The zero-order valence-corrected chi connectivity index (χ0v) is 24.0. The van der Waals surface area contributed by atoms with Gasteiger partial charge < -0.3 is 24.3 Å². The first-order valence-electron chi connectivity index (χ1n) is 15.2. The van der Waals surface area contributed by atoms with Crippen LogP contribution in [0.25, 0.3) is 0 Å². The Balaban J connectivity index is 1.20. The quantitative estimate of drug-likeness (QED) is 0.483. The predicted octanol–water partition coefficient (Wildman–Crippen LogP) is 3.29. The van der Waals surface area contributed by atoms with E-state index in [9.17, 15) is 10.1 Å². The van der Waals surface area contributed by atoms with E-state index in [4.69, 9.17) is 14.7 Å². The fraction of sp³-hybridized carbons (Fsp3) is 0.562. The van der Waals surface area contributed by atoms with E-state index in [1.165, 1.54) is 42.2 Å². The molecule has 2 saturated heterocycles. The van der Waals surface area contributed by atoms with Crippen LogP contribution in [0.1, 0.15) is 54.0 Å². The zero-order valence-electron chi connectivity index (χ0n) is 24.0. The molecular weight excluding hydrogens is 514 g/mol. The van der Waals surface area contributed by atoms with Crippen LogP contribution in [0, 0.1) is 17.2 Å². The van der Waals surface area contributed by atoms with Crippen LogP contribution in [0.15, 0.2) is 30.9 Å². The number of ether oxygens (including phenoxy) is 1. The molecule has 214 valence electrons. The summed E-state index contributed by atoms with van der Waals surface area (Å²) < 4.78 is 6.31. The molecular formula is C32H39N7O2. The lowest BCUT2D eigenvalue weighted by atomic mass is 9.99. The maximum Gasteiger partial charge on any atom is 0.318 e. The largest absolute Gasteiger partial charge is 0.462 e. The van der Waals surface area contributed by atoms with Crippen LogP contribution in [-0.4, -0.2) is 84.1 Å². The van der Waals surface area contributed by atoms with Gasteiger partial charge >= 0.3 is 6.01 Å². The van der Waals surface area contributed by atoms with Gasteiger partial charge in [0.05, 0.1) is 30.8 Å². The highest BCUT2D eigenvalue weighted by Gasteiger charge is 2.47. The summed E-state index contributed by atoms with van der Waals surface area (Å²) in [6.07, 6.45) is 7.34. The average Bonchev–Trinajstić information content (AvgIpc) is 3.47. The van der Waals surface area contributed by atoms with Gasteiger partial charge in [0.2, 0.25) is 5.91 Å². The molecule has 4 atom stereocenters. The number of anilines is 2.